The lowest BCUT2D eigenvalue weighted by atomic mass is 9.98. The zero-order valence-corrected chi connectivity index (χ0v) is 19.5. The van der Waals surface area contributed by atoms with Gasteiger partial charge in [0.05, 0.1) is 5.92 Å². The van der Waals surface area contributed by atoms with Gasteiger partial charge in [-0.05, 0) is 40.3 Å². The standard InChI is InChI=1S/C28H28N2O5/c1-18(27(32)33)16-29-26(31)15-14-19-8-2-7-13-25(19)30-28(34)35-17-24-22-11-5-3-9-20(22)21-10-4-6-12-23(21)24/h2-13,18,24H,14-17H2,1H3,(H,29,31)(H,30,34)(H,32,33). The molecule has 0 aliphatic heterocycles. The topological polar surface area (TPSA) is 105 Å². The number of carboxylic acid groups (broad SMARTS) is 1. The van der Waals surface area contributed by atoms with E-state index in [-0.39, 0.29) is 31.4 Å². The van der Waals surface area contributed by atoms with Crippen molar-refractivity contribution in [3.05, 3.63) is 89.5 Å². The summed E-state index contributed by atoms with van der Waals surface area (Å²) in [6.45, 7) is 1.83. The van der Waals surface area contributed by atoms with Crippen LogP contribution in [0.25, 0.3) is 11.1 Å². The Morgan fingerprint density at radius 3 is 2.17 bits per heavy atom. The molecule has 0 bridgehead atoms. The SMILES string of the molecule is CC(CNC(=O)CCc1ccccc1NC(=O)OCC1c2ccccc2-c2ccccc21)C(=O)O. The van der Waals surface area contributed by atoms with Crippen molar-refractivity contribution >= 4 is 23.7 Å². The predicted molar refractivity (Wildman–Crippen MR) is 133 cm³/mol. The molecule has 0 saturated carbocycles. The third-order valence-electron chi connectivity index (χ3n) is 6.25. The zero-order chi connectivity index (χ0) is 24.8. The molecule has 3 N–H and O–H groups in total. The molecule has 0 heterocycles. The number of amides is 2. The molecular weight excluding hydrogens is 444 g/mol. The van der Waals surface area contributed by atoms with Crippen molar-refractivity contribution in [2.24, 2.45) is 5.92 Å². The van der Waals surface area contributed by atoms with Gasteiger partial charge in [-0.1, -0.05) is 73.7 Å². The fourth-order valence-corrected chi connectivity index (χ4v) is 4.30. The van der Waals surface area contributed by atoms with Gasteiger partial charge in [0.2, 0.25) is 5.91 Å². The number of aliphatic carboxylic acids is 1. The molecule has 0 fully saturated rings. The van der Waals surface area contributed by atoms with Gasteiger partial charge in [-0.15, -0.1) is 0 Å². The molecule has 180 valence electrons. The minimum absolute atomic E-state index is 0.0275. The molecular formula is C28H28N2O5. The Balaban J connectivity index is 1.34. The summed E-state index contributed by atoms with van der Waals surface area (Å²) >= 11 is 0. The summed E-state index contributed by atoms with van der Waals surface area (Å²) in [6.07, 6.45) is 0.0158. The molecule has 1 unspecified atom stereocenters. The second-order valence-corrected chi connectivity index (χ2v) is 8.65. The first kappa shape index (κ1) is 24.0. The molecule has 3 aromatic carbocycles. The lowest BCUT2D eigenvalue weighted by Gasteiger charge is -2.16. The van der Waals surface area contributed by atoms with E-state index in [9.17, 15) is 14.4 Å². The normalized spacial score (nSPS) is 12.8. The van der Waals surface area contributed by atoms with E-state index in [1.54, 1.807) is 12.1 Å². The number of fused-ring (bicyclic) bond motifs is 3. The van der Waals surface area contributed by atoms with E-state index in [1.165, 1.54) is 18.1 Å². The van der Waals surface area contributed by atoms with E-state index >= 15 is 0 Å². The van der Waals surface area contributed by atoms with Crippen molar-refractivity contribution in [3.63, 3.8) is 0 Å². The predicted octanol–water partition coefficient (Wildman–Crippen LogP) is 4.82. The molecule has 3 aromatic rings. The van der Waals surface area contributed by atoms with Crippen LogP contribution >= 0.6 is 0 Å². The van der Waals surface area contributed by atoms with Crippen molar-refractivity contribution in [1.29, 1.82) is 0 Å². The Labute approximate surface area is 204 Å². The lowest BCUT2D eigenvalue weighted by molar-refractivity contribution is -0.141. The number of carbonyl (C=O) groups excluding carboxylic acids is 2. The van der Waals surface area contributed by atoms with Crippen LogP contribution in [-0.2, 0) is 20.7 Å². The van der Waals surface area contributed by atoms with Crippen LogP contribution in [0.2, 0.25) is 0 Å². The highest BCUT2D eigenvalue weighted by Gasteiger charge is 2.29. The maximum absolute atomic E-state index is 12.7. The first-order chi connectivity index (χ1) is 16.9. The molecule has 4 rings (SSSR count). The van der Waals surface area contributed by atoms with Crippen LogP contribution in [0.5, 0.6) is 0 Å². The van der Waals surface area contributed by atoms with Crippen LogP contribution in [0.3, 0.4) is 0 Å². The van der Waals surface area contributed by atoms with Gasteiger partial charge in [0.25, 0.3) is 0 Å². The fourth-order valence-electron chi connectivity index (χ4n) is 4.30. The molecule has 1 atom stereocenters. The zero-order valence-electron chi connectivity index (χ0n) is 19.5. The van der Waals surface area contributed by atoms with E-state index < -0.39 is 18.0 Å². The van der Waals surface area contributed by atoms with Gasteiger partial charge in [0.1, 0.15) is 6.61 Å². The highest BCUT2D eigenvalue weighted by molar-refractivity contribution is 5.86. The van der Waals surface area contributed by atoms with E-state index in [0.717, 1.165) is 16.7 Å². The van der Waals surface area contributed by atoms with E-state index in [4.69, 9.17) is 9.84 Å². The average Bonchev–Trinajstić information content (AvgIpc) is 3.19. The molecule has 0 saturated heterocycles. The number of nitrogens with one attached hydrogen (secondary N) is 2. The van der Waals surface area contributed by atoms with Gasteiger partial charge in [-0.25, -0.2) is 4.79 Å². The molecule has 0 spiro atoms. The van der Waals surface area contributed by atoms with Crippen LogP contribution in [0.1, 0.15) is 36.0 Å². The minimum Gasteiger partial charge on any atom is -0.481 e. The maximum Gasteiger partial charge on any atom is 0.411 e. The minimum atomic E-state index is -0.956. The smallest absolute Gasteiger partial charge is 0.411 e. The fraction of sp³-hybridized carbons (Fsp3) is 0.250. The van der Waals surface area contributed by atoms with E-state index in [0.29, 0.717) is 12.1 Å². The van der Waals surface area contributed by atoms with Crippen LogP contribution in [-0.4, -0.2) is 36.2 Å². The summed E-state index contributed by atoms with van der Waals surface area (Å²) in [5.41, 5.74) is 5.99. The van der Waals surface area contributed by atoms with E-state index in [1.807, 2.05) is 36.4 Å². The monoisotopic (exact) mass is 472 g/mol. The Kier molecular flexibility index (Phi) is 7.45. The first-order valence-corrected chi connectivity index (χ1v) is 11.6. The number of aryl methyl sites for hydroxylation is 1. The Morgan fingerprint density at radius 2 is 1.51 bits per heavy atom. The molecule has 35 heavy (non-hydrogen) atoms. The highest BCUT2D eigenvalue weighted by atomic mass is 16.5. The van der Waals surface area contributed by atoms with Gasteiger partial charge in [-0.2, -0.15) is 0 Å². The van der Waals surface area contributed by atoms with Crippen LogP contribution < -0.4 is 10.6 Å². The van der Waals surface area contributed by atoms with Gasteiger partial charge < -0.3 is 15.2 Å². The summed E-state index contributed by atoms with van der Waals surface area (Å²) in [5, 5.41) is 14.4. The number of carboxylic acids is 1. The van der Waals surface area contributed by atoms with Gasteiger partial charge in [0, 0.05) is 24.6 Å². The van der Waals surface area contributed by atoms with Crippen LogP contribution in [0.4, 0.5) is 10.5 Å². The summed E-state index contributed by atoms with van der Waals surface area (Å²) < 4.78 is 5.63. The molecule has 0 aromatic heterocycles. The third kappa shape index (κ3) is 5.69. The van der Waals surface area contributed by atoms with Gasteiger partial charge in [-0.3, -0.25) is 14.9 Å². The van der Waals surface area contributed by atoms with Crippen LogP contribution in [0.15, 0.2) is 72.8 Å². The van der Waals surface area contributed by atoms with Crippen molar-refractivity contribution in [3.8, 4) is 11.1 Å². The number of rotatable bonds is 9. The number of ether oxygens (including phenoxy) is 1. The summed E-state index contributed by atoms with van der Waals surface area (Å²) in [5.74, 6) is -1.88. The number of anilines is 1. The molecule has 2 amide bonds. The van der Waals surface area contributed by atoms with Crippen molar-refractivity contribution in [2.45, 2.75) is 25.7 Å². The number of hydrogen-bond donors (Lipinski definition) is 3. The Hall–Kier alpha value is -4.13. The molecule has 1 aliphatic carbocycles. The number of carbonyl (C=O) groups is 3. The molecule has 0 radical (unpaired) electrons. The largest absolute Gasteiger partial charge is 0.481 e. The average molecular weight is 473 g/mol. The van der Waals surface area contributed by atoms with Crippen molar-refractivity contribution in [1.82, 2.24) is 5.32 Å². The summed E-state index contributed by atoms with van der Waals surface area (Å²) in [6, 6.07) is 23.6. The molecule has 1 aliphatic rings. The Morgan fingerprint density at radius 1 is 0.914 bits per heavy atom. The molecule has 7 nitrogen and oxygen atoms in total. The number of para-hydroxylation sites is 1. The summed E-state index contributed by atoms with van der Waals surface area (Å²) in [4.78, 5) is 35.7. The second-order valence-electron chi connectivity index (χ2n) is 8.65. The first-order valence-electron chi connectivity index (χ1n) is 11.6. The van der Waals surface area contributed by atoms with Gasteiger partial charge in [0.15, 0.2) is 0 Å². The maximum atomic E-state index is 12.7. The van der Waals surface area contributed by atoms with Crippen LogP contribution in [0, 0.1) is 5.92 Å². The second kappa shape index (κ2) is 10.9. The number of benzene rings is 3. The molecule has 7 heteroatoms. The van der Waals surface area contributed by atoms with Gasteiger partial charge >= 0.3 is 12.1 Å². The van der Waals surface area contributed by atoms with Crippen molar-refractivity contribution < 1.29 is 24.2 Å². The highest BCUT2D eigenvalue weighted by Crippen LogP contribution is 2.44. The third-order valence-corrected chi connectivity index (χ3v) is 6.25. The summed E-state index contributed by atoms with van der Waals surface area (Å²) in [7, 11) is 0. The quantitative estimate of drug-likeness (QED) is 0.414. The lowest BCUT2D eigenvalue weighted by Crippen LogP contribution is -2.31. The van der Waals surface area contributed by atoms with E-state index in [2.05, 4.69) is 34.9 Å². The Bertz CT molecular complexity index is 1190. The van der Waals surface area contributed by atoms with Crippen molar-refractivity contribution in [2.75, 3.05) is 18.5 Å². The number of hydrogen-bond acceptors (Lipinski definition) is 4.